The summed E-state index contributed by atoms with van der Waals surface area (Å²) in [5.41, 5.74) is 3.44. The van der Waals surface area contributed by atoms with Gasteiger partial charge in [-0.3, -0.25) is 9.98 Å². The van der Waals surface area contributed by atoms with Gasteiger partial charge in [-0.1, -0.05) is 24.4 Å². The van der Waals surface area contributed by atoms with Crippen molar-refractivity contribution in [1.29, 1.82) is 0 Å². The molecule has 2 rings (SSSR count). The van der Waals surface area contributed by atoms with Crippen LogP contribution in [0.4, 0.5) is 0 Å². The Labute approximate surface area is 99.9 Å². The third kappa shape index (κ3) is 2.51. The van der Waals surface area contributed by atoms with E-state index in [9.17, 15) is 0 Å². The molecule has 4 nitrogen and oxygen atoms in total. The van der Waals surface area contributed by atoms with Crippen LogP contribution < -0.4 is 11.3 Å². The van der Waals surface area contributed by atoms with Crippen LogP contribution in [0.1, 0.15) is 31.2 Å². The molecule has 0 bridgehead atoms. The monoisotopic (exact) mass is 238 g/mol. The third-order valence-electron chi connectivity index (χ3n) is 2.80. The highest BCUT2D eigenvalue weighted by molar-refractivity contribution is 6.33. The van der Waals surface area contributed by atoms with E-state index in [0.717, 1.165) is 18.4 Å². The molecule has 0 aromatic carbocycles. The van der Waals surface area contributed by atoms with Crippen LogP contribution in [-0.4, -0.2) is 16.9 Å². The second-order valence-corrected chi connectivity index (χ2v) is 4.32. The number of nitrogens with one attached hydrogen (secondary N) is 1. The highest BCUT2D eigenvalue weighted by Gasteiger charge is 2.16. The van der Waals surface area contributed by atoms with Gasteiger partial charge in [-0.15, -0.1) is 0 Å². The van der Waals surface area contributed by atoms with Crippen LogP contribution in [0.25, 0.3) is 0 Å². The Balaban J connectivity index is 2.24. The summed E-state index contributed by atoms with van der Waals surface area (Å²) >= 11 is 6.04. The molecule has 0 spiro atoms. The Hall–Kier alpha value is -1.13. The predicted octanol–water partition coefficient (Wildman–Crippen LogP) is 1.89. The molecule has 5 heteroatoms. The Bertz CT molecular complexity index is 385. The maximum absolute atomic E-state index is 6.04. The first-order valence-electron chi connectivity index (χ1n) is 5.45. The lowest BCUT2D eigenvalue weighted by molar-refractivity contribution is 0.701. The zero-order chi connectivity index (χ0) is 11.4. The summed E-state index contributed by atoms with van der Waals surface area (Å²) in [6.45, 7) is 0. The molecular formula is C11H15ClN4. The Morgan fingerprint density at radius 2 is 2.25 bits per heavy atom. The molecule has 0 atom stereocenters. The number of aromatic nitrogens is 1. The summed E-state index contributed by atoms with van der Waals surface area (Å²) in [4.78, 5) is 8.53. The number of rotatable bonds is 2. The van der Waals surface area contributed by atoms with Crippen LogP contribution in [0.2, 0.25) is 5.02 Å². The highest BCUT2D eigenvalue weighted by Crippen LogP contribution is 2.22. The molecule has 16 heavy (non-hydrogen) atoms. The van der Waals surface area contributed by atoms with Crippen molar-refractivity contribution >= 4 is 17.4 Å². The number of nitrogens with zero attached hydrogens (tertiary/aromatic N) is 2. The van der Waals surface area contributed by atoms with Crippen molar-refractivity contribution in [2.45, 2.75) is 31.7 Å². The van der Waals surface area contributed by atoms with Gasteiger partial charge in [-0.05, 0) is 18.9 Å². The van der Waals surface area contributed by atoms with E-state index in [1.54, 1.807) is 12.4 Å². The predicted molar refractivity (Wildman–Crippen MR) is 65.4 cm³/mol. The summed E-state index contributed by atoms with van der Waals surface area (Å²) < 4.78 is 0. The summed E-state index contributed by atoms with van der Waals surface area (Å²) in [6, 6.07) is 2.19. The van der Waals surface area contributed by atoms with Gasteiger partial charge in [0, 0.05) is 18.0 Å². The maximum atomic E-state index is 6.04. The van der Waals surface area contributed by atoms with E-state index >= 15 is 0 Å². The lowest BCUT2D eigenvalue weighted by Gasteiger charge is -2.10. The zero-order valence-corrected chi connectivity index (χ0v) is 9.74. The van der Waals surface area contributed by atoms with Gasteiger partial charge in [0.25, 0.3) is 0 Å². The second kappa shape index (κ2) is 5.27. The number of hydrogen-bond donors (Lipinski definition) is 2. The molecule has 0 amide bonds. The Kier molecular flexibility index (Phi) is 3.74. The number of nitrogens with two attached hydrogens (primary N) is 1. The summed E-state index contributed by atoms with van der Waals surface area (Å²) in [5.74, 6) is 6.14. The molecule has 0 aliphatic heterocycles. The fourth-order valence-corrected chi connectivity index (χ4v) is 2.18. The fourth-order valence-electron chi connectivity index (χ4n) is 1.97. The van der Waals surface area contributed by atoms with E-state index in [-0.39, 0.29) is 0 Å². The van der Waals surface area contributed by atoms with Crippen molar-refractivity contribution in [2.75, 3.05) is 0 Å². The van der Waals surface area contributed by atoms with Gasteiger partial charge >= 0.3 is 0 Å². The number of amidine groups is 1. The SMILES string of the molecule is NNC(=NC1CCCC1)c1ccncc1Cl. The van der Waals surface area contributed by atoms with E-state index in [4.69, 9.17) is 17.4 Å². The van der Waals surface area contributed by atoms with E-state index in [1.807, 2.05) is 6.07 Å². The fraction of sp³-hybridized carbons (Fsp3) is 0.455. The zero-order valence-electron chi connectivity index (χ0n) is 8.99. The van der Waals surface area contributed by atoms with Crippen LogP contribution in [0.15, 0.2) is 23.5 Å². The smallest absolute Gasteiger partial charge is 0.144 e. The van der Waals surface area contributed by atoms with Crippen LogP contribution in [0.3, 0.4) is 0 Å². The van der Waals surface area contributed by atoms with E-state index < -0.39 is 0 Å². The minimum atomic E-state index is 0.371. The van der Waals surface area contributed by atoms with Crippen LogP contribution in [-0.2, 0) is 0 Å². The minimum Gasteiger partial charge on any atom is -0.308 e. The molecule has 1 aromatic heterocycles. The maximum Gasteiger partial charge on any atom is 0.144 e. The molecule has 1 aliphatic rings. The largest absolute Gasteiger partial charge is 0.308 e. The number of halogens is 1. The lowest BCUT2D eigenvalue weighted by atomic mass is 10.2. The molecule has 1 fully saturated rings. The summed E-state index contributed by atoms with van der Waals surface area (Å²) in [5, 5.41) is 0.567. The van der Waals surface area contributed by atoms with Crippen LogP contribution in [0, 0.1) is 0 Å². The molecule has 1 aromatic rings. The quantitative estimate of drug-likeness (QED) is 0.358. The van der Waals surface area contributed by atoms with Crippen molar-refractivity contribution in [3.63, 3.8) is 0 Å². The first kappa shape index (κ1) is 11.4. The molecule has 86 valence electrons. The average Bonchev–Trinajstić information content (AvgIpc) is 2.80. The van der Waals surface area contributed by atoms with Crippen LogP contribution in [0.5, 0.6) is 0 Å². The standard InChI is InChI=1S/C11H15ClN4/c12-10-7-14-6-5-9(10)11(16-13)15-8-3-1-2-4-8/h5-8H,1-4,13H2,(H,15,16). The molecule has 0 unspecified atom stereocenters. The number of aliphatic imine (C=N–C) groups is 1. The molecule has 1 heterocycles. The minimum absolute atomic E-state index is 0.371. The van der Waals surface area contributed by atoms with Gasteiger partial charge in [0.1, 0.15) is 5.84 Å². The van der Waals surface area contributed by atoms with Gasteiger partial charge in [0.2, 0.25) is 0 Å². The second-order valence-electron chi connectivity index (χ2n) is 3.92. The van der Waals surface area contributed by atoms with E-state index in [1.165, 1.54) is 12.8 Å². The molecule has 0 radical (unpaired) electrons. The highest BCUT2D eigenvalue weighted by atomic mass is 35.5. The molecule has 1 saturated carbocycles. The number of pyridine rings is 1. The Morgan fingerprint density at radius 3 is 2.88 bits per heavy atom. The van der Waals surface area contributed by atoms with Crippen molar-refractivity contribution in [1.82, 2.24) is 10.4 Å². The number of hydrazine groups is 1. The van der Waals surface area contributed by atoms with Gasteiger partial charge in [0.15, 0.2) is 0 Å². The Morgan fingerprint density at radius 1 is 1.50 bits per heavy atom. The molecule has 1 aliphatic carbocycles. The summed E-state index contributed by atoms with van der Waals surface area (Å²) in [6.07, 6.45) is 8.04. The van der Waals surface area contributed by atoms with Gasteiger partial charge in [0.05, 0.1) is 11.1 Å². The van der Waals surface area contributed by atoms with Crippen molar-refractivity contribution < 1.29 is 0 Å². The van der Waals surface area contributed by atoms with Crippen molar-refractivity contribution in [3.05, 3.63) is 29.0 Å². The van der Waals surface area contributed by atoms with E-state index in [0.29, 0.717) is 16.9 Å². The first-order valence-corrected chi connectivity index (χ1v) is 5.83. The van der Waals surface area contributed by atoms with Crippen LogP contribution >= 0.6 is 11.6 Å². The number of hydrogen-bond acceptors (Lipinski definition) is 3. The van der Waals surface area contributed by atoms with Gasteiger partial charge < -0.3 is 5.43 Å². The first-order chi connectivity index (χ1) is 7.81. The topological polar surface area (TPSA) is 63.3 Å². The summed E-state index contributed by atoms with van der Waals surface area (Å²) in [7, 11) is 0. The van der Waals surface area contributed by atoms with Gasteiger partial charge in [-0.2, -0.15) is 0 Å². The molecule has 0 saturated heterocycles. The normalized spacial score (nSPS) is 17.8. The third-order valence-corrected chi connectivity index (χ3v) is 3.10. The van der Waals surface area contributed by atoms with Crippen molar-refractivity contribution in [2.24, 2.45) is 10.8 Å². The molecule has 3 N–H and O–H groups in total. The molecular weight excluding hydrogens is 224 g/mol. The van der Waals surface area contributed by atoms with Crippen molar-refractivity contribution in [3.8, 4) is 0 Å². The lowest BCUT2D eigenvalue weighted by Crippen LogP contribution is -2.32. The average molecular weight is 239 g/mol. The van der Waals surface area contributed by atoms with Gasteiger partial charge in [-0.25, -0.2) is 5.84 Å². The van der Waals surface area contributed by atoms with E-state index in [2.05, 4.69) is 15.4 Å².